The molecule has 0 aromatic heterocycles. The maximum absolute atomic E-state index is 12.6. The number of ether oxygens (including phenoxy) is 1. The zero-order valence-corrected chi connectivity index (χ0v) is 16.7. The molecule has 0 aliphatic heterocycles. The van der Waals surface area contributed by atoms with E-state index in [9.17, 15) is 23.1 Å². The van der Waals surface area contributed by atoms with Crippen LogP contribution in [0.2, 0.25) is 0 Å². The van der Waals surface area contributed by atoms with Crippen molar-refractivity contribution >= 4 is 22.0 Å². The van der Waals surface area contributed by atoms with E-state index in [4.69, 9.17) is 9.84 Å². The van der Waals surface area contributed by atoms with Crippen molar-refractivity contribution in [1.29, 1.82) is 0 Å². The van der Waals surface area contributed by atoms with Gasteiger partial charge in [0, 0.05) is 6.42 Å². The highest BCUT2D eigenvalue weighted by Gasteiger charge is 2.26. The van der Waals surface area contributed by atoms with Gasteiger partial charge in [-0.25, -0.2) is 8.42 Å². The van der Waals surface area contributed by atoms with Gasteiger partial charge in [0.15, 0.2) is 0 Å². The normalized spacial score (nSPS) is 12.3. The van der Waals surface area contributed by atoms with Crippen molar-refractivity contribution in [2.45, 2.75) is 37.1 Å². The highest BCUT2D eigenvalue weighted by atomic mass is 32.2. The molecule has 156 valence electrons. The van der Waals surface area contributed by atoms with E-state index in [-0.39, 0.29) is 24.3 Å². The number of hydrogen-bond donors (Lipinski definition) is 3. The van der Waals surface area contributed by atoms with E-state index in [0.29, 0.717) is 23.3 Å². The van der Waals surface area contributed by atoms with Crippen LogP contribution in [0.1, 0.15) is 24.0 Å². The summed E-state index contributed by atoms with van der Waals surface area (Å²) in [6.07, 6.45) is 0.345. The quantitative estimate of drug-likeness (QED) is 0.474. The van der Waals surface area contributed by atoms with Gasteiger partial charge in [-0.2, -0.15) is 4.72 Å². The summed E-state index contributed by atoms with van der Waals surface area (Å²) in [4.78, 5) is 22.1. The molecule has 1 atom stereocenters. The van der Waals surface area contributed by atoms with Crippen LogP contribution in [0.15, 0.2) is 53.4 Å². The van der Waals surface area contributed by atoms with Crippen LogP contribution in [0.25, 0.3) is 0 Å². The average Bonchev–Trinajstić information content (AvgIpc) is 2.65. The van der Waals surface area contributed by atoms with Gasteiger partial charge in [-0.15, -0.1) is 0 Å². The van der Waals surface area contributed by atoms with Crippen molar-refractivity contribution in [1.82, 2.24) is 4.72 Å². The summed E-state index contributed by atoms with van der Waals surface area (Å²) >= 11 is 0. The monoisotopic (exact) mass is 421 g/mol. The number of carboxylic acid groups (broad SMARTS) is 2. The van der Waals surface area contributed by atoms with Crippen molar-refractivity contribution in [2.24, 2.45) is 0 Å². The van der Waals surface area contributed by atoms with Crippen molar-refractivity contribution in [3.8, 4) is 5.75 Å². The number of sulfonamides is 1. The van der Waals surface area contributed by atoms with E-state index < -0.39 is 28.0 Å². The average molecular weight is 421 g/mol. The molecule has 2 rings (SSSR count). The highest BCUT2D eigenvalue weighted by Crippen LogP contribution is 2.17. The Morgan fingerprint density at radius 1 is 1.07 bits per heavy atom. The largest absolute Gasteiger partial charge is 0.494 e. The molecule has 2 aromatic carbocycles. The predicted octanol–water partition coefficient (Wildman–Crippen LogP) is 2.21. The lowest BCUT2D eigenvalue weighted by Gasteiger charge is -2.16. The first kappa shape index (κ1) is 22.4. The van der Waals surface area contributed by atoms with Gasteiger partial charge in [0.25, 0.3) is 0 Å². The van der Waals surface area contributed by atoms with Crippen LogP contribution in [-0.4, -0.2) is 43.2 Å². The minimum Gasteiger partial charge on any atom is -0.494 e. The number of nitrogens with one attached hydrogen (secondary N) is 1. The Morgan fingerprint density at radius 3 is 2.31 bits per heavy atom. The second-order valence-electron chi connectivity index (χ2n) is 6.47. The first-order valence-corrected chi connectivity index (χ1v) is 10.4. The Kier molecular flexibility index (Phi) is 7.74. The van der Waals surface area contributed by atoms with E-state index in [1.54, 1.807) is 49.4 Å². The van der Waals surface area contributed by atoms with Gasteiger partial charge in [0.1, 0.15) is 11.8 Å². The lowest BCUT2D eigenvalue weighted by molar-refractivity contribution is -0.139. The number of benzene rings is 2. The van der Waals surface area contributed by atoms with Gasteiger partial charge in [0.2, 0.25) is 10.0 Å². The van der Waals surface area contributed by atoms with Crippen molar-refractivity contribution < 1.29 is 33.0 Å². The minimum absolute atomic E-state index is 0.0133. The lowest BCUT2D eigenvalue weighted by Crippen LogP contribution is -2.42. The van der Waals surface area contributed by atoms with Crippen LogP contribution >= 0.6 is 0 Å². The molecule has 0 radical (unpaired) electrons. The molecule has 9 heteroatoms. The zero-order valence-electron chi connectivity index (χ0n) is 15.9. The highest BCUT2D eigenvalue weighted by molar-refractivity contribution is 7.89. The molecule has 0 fully saturated rings. The summed E-state index contributed by atoms with van der Waals surface area (Å²) in [6, 6.07) is 11.6. The van der Waals surface area contributed by atoms with Crippen LogP contribution in [0.4, 0.5) is 0 Å². The molecule has 8 nitrogen and oxygen atoms in total. The van der Waals surface area contributed by atoms with Gasteiger partial charge in [-0.1, -0.05) is 30.3 Å². The van der Waals surface area contributed by atoms with Crippen LogP contribution < -0.4 is 9.46 Å². The molecule has 0 amide bonds. The third-order valence-electron chi connectivity index (χ3n) is 4.15. The summed E-state index contributed by atoms with van der Waals surface area (Å²) in [6.45, 7) is 1.89. The van der Waals surface area contributed by atoms with Crippen LogP contribution in [0.5, 0.6) is 5.75 Å². The van der Waals surface area contributed by atoms with Gasteiger partial charge in [0.05, 0.1) is 11.5 Å². The molecule has 0 saturated heterocycles. The molecule has 0 saturated carbocycles. The number of rotatable bonds is 11. The zero-order chi connectivity index (χ0) is 21.4. The number of hydrogen-bond acceptors (Lipinski definition) is 5. The third-order valence-corrected chi connectivity index (χ3v) is 5.78. The number of aryl methyl sites for hydroxylation is 1. The molecule has 0 spiro atoms. The van der Waals surface area contributed by atoms with Gasteiger partial charge in [-0.05, 0) is 49.1 Å². The molecule has 0 aliphatic rings. The summed E-state index contributed by atoms with van der Waals surface area (Å²) < 4.78 is 32.8. The molecule has 0 bridgehead atoms. The first-order valence-electron chi connectivity index (χ1n) is 8.93. The fourth-order valence-electron chi connectivity index (χ4n) is 2.66. The van der Waals surface area contributed by atoms with Gasteiger partial charge >= 0.3 is 11.9 Å². The summed E-state index contributed by atoms with van der Waals surface area (Å²) in [5, 5.41) is 18.0. The molecular weight excluding hydrogens is 398 g/mol. The summed E-state index contributed by atoms with van der Waals surface area (Å²) in [5.74, 6) is -1.65. The lowest BCUT2D eigenvalue weighted by atomic mass is 10.1. The second kappa shape index (κ2) is 10.0. The molecule has 29 heavy (non-hydrogen) atoms. The Hall–Kier alpha value is -2.91. The van der Waals surface area contributed by atoms with Gasteiger partial charge < -0.3 is 14.9 Å². The molecule has 2 aromatic rings. The fourth-order valence-corrected chi connectivity index (χ4v) is 4.09. The smallest absolute Gasteiger partial charge is 0.322 e. The molecule has 3 N–H and O–H groups in total. The number of aliphatic carboxylic acids is 2. The topological polar surface area (TPSA) is 130 Å². The summed E-state index contributed by atoms with van der Waals surface area (Å²) in [7, 11) is -3.99. The van der Waals surface area contributed by atoms with Crippen molar-refractivity contribution in [3.63, 3.8) is 0 Å². The Morgan fingerprint density at radius 2 is 1.72 bits per heavy atom. The molecule has 0 heterocycles. The predicted molar refractivity (Wildman–Crippen MR) is 105 cm³/mol. The van der Waals surface area contributed by atoms with E-state index in [1.807, 2.05) is 0 Å². The van der Waals surface area contributed by atoms with E-state index in [0.717, 1.165) is 0 Å². The van der Waals surface area contributed by atoms with Crippen molar-refractivity contribution in [2.75, 3.05) is 6.61 Å². The fraction of sp³-hybridized carbons (Fsp3) is 0.300. The standard InChI is InChI=1S/C20H23NO7S/c1-14-5-2-3-6-18(14)29(26,27)21-17(20(24)25)13-15-8-10-16(11-9-15)28-12-4-7-19(22)23/h2-3,5-6,8-11,17,21H,4,7,12-13H2,1H3,(H,22,23)(H,24,25)/t17-/m0/s1. The Balaban J connectivity index is 2.02. The molecule has 0 unspecified atom stereocenters. The van der Waals surface area contributed by atoms with E-state index >= 15 is 0 Å². The maximum Gasteiger partial charge on any atom is 0.322 e. The number of carbonyl (C=O) groups is 2. The van der Waals surface area contributed by atoms with Crippen molar-refractivity contribution in [3.05, 3.63) is 59.7 Å². The number of carboxylic acids is 2. The Bertz CT molecular complexity index is 955. The van der Waals surface area contributed by atoms with Crippen LogP contribution in [-0.2, 0) is 26.0 Å². The molecule has 0 aliphatic carbocycles. The first-order chi connectivity index (χ1) is 13.7. The third kappa shape index (κ3) is 6.88. The Labute approximate surface area is 169 Å². The van der Waals surface area contributed by atoms with E-state index in [2.05, 4.69) is 4.72 Å². The second-order valence-corrected chi connectivity index (χ2v) is 8.15. The minimum atomic E-state index is -3.99. The van der Waals surface area contributed by atoms with Crippen LogP contribution in [0, 0.1) is 6.92 Å². The van der Waals surface area contributed by atoms with Crippen LogP contribution in [0.3, 0.4) is 0 Å². The van der Waals surface area contributed by atoms with E-state index in [1.165, 1.54) is 6.07 Å². The molecular formula is C20H23NO7S. The SMILES string of the molecule is Cc1ccccc1S(=O)(=O)N[C@@H](Cc1ccc(OCCCC(=O)O)cc1)C(=O)O. The maximum atomic E-state index is 12.6. The van der Waals surface area contributed by atoms with Gasteiger partial charge in [-0.3, -0.25) is 9.59 Å². The summed E-state index contributed by atoms with van der Waals surface area (Å²) in [5.41, 5.74) is 1.14.